The molecule has 0 saturated carbocycles. The highest BCUT2D eigenvalue weighted by molar-refractivity contribution is 5.69. The molecule has 3 heterocycles. The number of aryl methyl sites for hydroxylation is 1. The van der Waals surface area contributed by atoms with E-state index in [4.69, 9.17) is 4.74 Å². The number of nitrogens with zero attached hydrogens (tertiary/aromatic N) is 3. The largest absolute Gasteiger partial charge is 0.444 e. The quantitative estimate of drug-likeness (QED) is 0.863. The second-order valence-electron chi connectivity index (χ2n) is 7.93. The van der Waals surface area contributed by atoms with E-state index in [1.165, 1.54) is 0 Å². The Morgan fingerprint density at radius 1 is 1.35 bits per heavy atom. The SMILES string of the molecule is Cn1ccnc1C1(O)CC2CCCC(C1)N2C(=O)OC(C)(C)C. The molecule has 1 aromatic rings. The van der Waals surface area contributed by atoms with Gasteiger partial charge in [-0.2, -0.15) is 0 Å². The summed E-state index contributed by atoms with van der Waals surface area (Å²) in [4.78, 5) is 18.8. The number of fused-ring (bicyclic) bond motifs is 2. The number of ether oxygens (including phenoxy) is 1. The number of carbonyl (C=O) groups excluding carboxylic acids is 1. The molecule has 2 saturated heterocycles. The van der Waals surface area contributed by atoms with Crippen LogP contribution in [0.1, 0.15) is 58.7 Å². The van der Waals surface area contributed by atoms with Crippen molar-refractivity contribution in [2.75, 3.05) is 0 Å². The molecular weight excluding hydrogens is 294 g/mol. The fourth-order valence-electron chi connectivity index (χ4n) is 4.04. The van der Waals surface area contributed by atoms with Gasteiger partial charge in [-0.25, -0.2) is 9.78 Å². The maximum Gasteiger partial charge on any atom is 0.410 e. The van der Waals surface area contributed by atoms with E-state index in [2.05, 4.69) is 4.98 Å². The van der Waals surface area contributed by atoms with E-state index in [9.17, 15) is 9.90 Å². The summed E-state index contributed by atoms with van der Waals surface area (Å²) < 4.78 is 7.45. The monoisotopic (exact) mass is 321 g/mol. The Morgan fingerprint density at radius 3 is 2.43 bits per heavy atom. The number of imidazole rings is 1. The maximum atomic E-state index is 12.6. The van der Waals surface area contributed by atoms with Gasteiger partial charge in [0.15, 0.2) is 0 Å². The van der Waals surface area contributed by atoms with Crippen molar-refractivity contribution >= 4 is 6.09 Å². The summed E-state index contributed by atoms with van der Waals surface area (Å²) in [5.41, 5.74) is -1.47. The predicted molar refractivity (Wildman–Crippen MR) is 85.8 cm³/mol. The molecule has 3 rings (SSSR count). The van der Waals surface area contributed by atoms with Crippen LogP contribution in [0.2, 0.25) is 0 Å². The molecule has 23 heavy (non-hydrogen) atoms. The van der Waals surface area contributed by atoms with Crippen molar-refractivity contribution in [1.29, 1.82) is 0 Å². The second kappa shape index (κ2) is 5.51. The Morgan fingerprint density at radius 2 is 1.96 bits per heavy atom. The van der Waals surface area contributed by atoms with E-state index < -0.39 is 11.2 Å². The van der Waals surface area contributed by atoms with Crippen LogP contribution in [-0.2, 0) is 17.4 Å². The molecule has 2 bridgehead atoms. The highest BCUT2D eigenvalue weighted by Crippen LogP contribution is 2.44. The molecule has 128 valence electrons. The van der Waals surface area contributed by atoms with Crippen molar-refractivity contribution in [1.82, 2.24) is 14.5 Å². The molecule has 2 fully saturated rings. The molecule has 2 aliphatic heterocycles. The van der Waals surface area contributed by atoms with Crippen molar-refractivity contribution in [3.8, 4) is 0 Å². The first kappa shape index (κ1) is 16.3. The van der Waals surface area contributed by atoms with E-state index >= 15 is 0 Å². The van der Waals surface area contributed by atoms with E-state index in [0.29, 0.717) is 18.7 Å². The van der Waals surface area contributed by atoms with Gasteiger partial charge < -0.3 is 19.3 Å². The third-order valence-corrected chi connectivity index (χ3v) is 4.85. The number of carbonyl (C=O) groups is 1. The number of hydrogen-bond acceptors (Lipinski definition) is 4. The van der Waals surface area contributed by atoms with Crippen LogP contribution in [0.25, 0.3) is 0 Å². The van der Waals surface area contributed by atoms with Crippen molar-refractivity contribution in [2.45, 2.75) is 76.2 Å². The molecule has 0 aromatic carbocycles. The number of aromatic nitrogens is 2. The van der Waals surface area contributed by atoms with E-state index in [1.54, 1.807) is 6.20 Å². The van der Waals surface area contributed by atoms with E-state index in [-0.39, 0.29) is 18.2 Å². The molecule has 1 amide bonds. The molecule has 0 aliphatic carbocycles. The maximum absolute atomic E-state index is 12.6. The van der Waals surface area contributed by atoms with Crippen molar-refractivity contribution in [3.05, 3.63) is 18.2 Å². The first-order valence-corrected chi connectivity index (χ1v) is 8.41. The van der Waals surface area contributed by atoms with Crippen molar-refractivity contribution in [2.24, 2.45) is 7.05 Å². The molecule has 1 aromatic heterocycles. The van der Waals surface area contributed by atoms with Crippen molar-refractivity contribution in [3.63, 3.8) is 0 Å². The Hall–Kier alpha value is -1.56. The highest BCUT2D eigenvalue weighted by Gasteiger charge is 2.50. The number of piperidine rings is 2. The van der Waals surface area contributed by atoms with Crippen LogP contribution < -0.4 is 0 Å². The normalized spacial score (nSPS) is 31.1. The zero-order chi connectivity index (χ0) is 16.8. The lowest BCUT2D eigenvalue weighted by atomic mass is 9.75. The van der Waals surface area contributed by atoms with Crippen LogP contribution in [0.5, 0.6) is 0 Å². The summed E-state index contributed by atoms with van der Waals surface area (Å²) >= 11 is 0. The summed E-state index contributed by atoms with van der Waals surface area (Å²) in [5.74, 6) is 0.693. The van der Waals surface area contributed by atoms with Gasteiger partial charge >= 0.3 is 6.09 Å². The lowest BCUT2D eigenvalue weighted by Gasteiger charge is -2.51. The molecule has 6 heteroatoms. The number of rotatable bonds is 1. The first-order chi connectivity index (χ1) is 10.7. The van der Waals surface area contributed by atoms with Crippen LogP contribution in [0.15, 0.2) is 12.4 Å². The first-order valence-electron chi connectivity index (χ1n) is 8.41. The zero-order valence-electron chi connectivity index (χ0n) is 14.5. The van der Waals surface area contributed by atoms with Gasteiger partial charge in [0.05, 0.1) is 0 Å². The zero-order valence-corrected chi connectivity index (χ0v) is 14.5. The van der Waals surface area contributed by atoms with Gasteiger partial charge in [0.2, 0.25) is 0 Å². The highest BCUT2D eigenvalue weighted by atomic mass is 16.6. The van der Waals surface area contributed by atoms with Gasteiger partial charge in [0.25, 0.3) is 0 Å². The van der Waals surface area contributed by atoms with Crippen LogP contribution in [0, 0.1) is 0 Å². The Labute approximate surface area is 137 Å². The molecule has 1 N–H and O–H groups in total. The Balaban J connectivity index is 1.84. The molecule has 6 nitrogen and oxygen atoms in total. The van der Waals surface area contributed by atoms with Gasteiger partial charge in [0.1, 0.15) is 17.0 Å². The fourth-order valence-corrected chi connectivity index (χ4v) is 4.04. The van der Waals surface area contributed by atoms with Gasteiger partial charge in [-0.15, -0.1) is 0 Å². The summed E-state index contributed by atoms with van der Waals surface area (Å²) in [6.45, 7) is 5.65. The minimum Gasteiger partial charge on any atom is -0.444 e. The lowest BCUT2D eigenvalue weighted by molar-refractivity contribution is -0.102. The minimum absolute atomic E-state index is 0.0130. The van der Waals surface area contributed by atoms with Gasteiger partial charge in [-0.3, -0.25) is 0 Å². The van der Waals surface area contributed by atoms with Crippen LogP contribution in [-0.4, -0.2) is 43.3 Å². The van der Waals surface area contributed by atoms with Gasteiger partial charge in [-0.1, -0.05) is 0 Å². The van der Waals surface area contributed by atoms with E-state index in [1.807, 2.05) is 43.5 Å². The van der Waals surface area contributed by atoms with Gasteiger partial charge in [0, 0.05) is 44.4 Å². The molecule has 2 atom stereocenters. The summed E-state index contributed by atoms with van der Waals surface area (Å²) in [5, 5.41) is 11.2. The standard InChI is InChI=1S/C17H27N3O3/c1-16(2,3)23-15(21)20-12-6-5-7-13(20)11-17(22,10-12)14-18-8-9-19(14)4/h8-9,12-13,22H,5-7,10-11H2,1-4H3. The van der Waals surface area contributed by atoms with Crippen LogP contribution in [0.3, 0.4) is 0 Å². The third-order valence-electron chi connectivity index (χ3n) is 4.85. The second-order valence-corrected chi connectivity index (χ2v) is 7.93. The Kier molecular flexibility index (Phi) is 3.91. The molecule has 0 spiro atoms. The number of aliphatic hydroxyl groups is 1. The van der Waals surface area contributed by atoms with Crippen LogP contribution in [0.4, 0.5) is 4.79 Å². The average molecular weight is 321 g/mol. The fraction of sp³-hybridized carbons (Fsp3) is 0.765. The van der Waals surface area contributed by atoms with Crippen molar-refractivity contribution < 1.29 is 14.6 Å². The van der Waals surface area contributed by atoms with E-state index in [0.717, 1.165) is 19.3 Å². The number of hydrogen-bond donors (Lipinski definition) is 1. The third kappa shape index (κ3) is 3.09. The molecule has 0 radical (unpaired) electrons. The van der Waals surface area contributed by atoms with Crippen LogP contribution >= 0.6 is 0 Å². The Bertz CT molecular complexity index is 576. The smallest absolute Gasteiger partial charge is 0.410 e. The van der Waals surface area contributed by atoms with Gasteiger partial charge in [-0.05, 0) is 40.0 Å². The predicted octanol–water partition coefficient (Wildman–Crippen LogP) is 2.56. The molecule has 2 aliphatic rings. The minimum atomic E-state index is -0.966. The summed E-state index contributed by atoms with van der Waals surface area (Å²) in [7, 11) is 1.90. The molecule has 2 unspecified atom stereocenters. The lowest BCUT2D eigenvalue weighted by Crippen LogP contribution is -2.60. The topological polar surface area (TPSA) is 67.6 Å². The summed E-state index contributed by atoms with van der Waals surface area (Å²) in [6.07, 6.45) is 7.25. The average Bonchev–Trinajstić information content (AvgIpc) is 2.82. The molecular formula is C17H27N3O3. The summed E-state index contributed by atoms with van der Waals surface area (Å²) in [6, 6.07) is 0.0260. The number of amides is 1.